The van der Waals surface area contributed by atoms with Gasteiger partial charge in [-0.15, -0.1) is 12.4 Å². The largest absolute Gasteiger partial charge is 0.312 e. The molecule has 4 bridgehead atoms. The number of hydrogen-bond acceptors (Lipinski definition) is 1. The number of aryl methyl sites for hydroxylation is 1. The maximum atomic E-state index is 4.49. The van der Waals surface area contributed by atoms with Crippen molar-refractivity contribution in [3.63, 3.8) is 0 Å². The van der Waals surface area contributed by atoms with E-state index in [4.69, 9.17) is 0 Å². The summed E-state index contributed by atoms with van der Waals surface area (Å²) in [7, 11) is 0. The van der Waals surface area contributed by atoms with Crippen molar-refractivity contribution in [2.45, 2.75) is 77.0 Å². The Balaban J connectivity index is 0.00000190. The Morgan fingerprint density at radius 1 is 1.00 bits per heavy atom. The third kappa shape index (κ3) is 3.02. The molecule has 7 aliphatic rings. The SMILES string of the molecule is C1=CC2=C(CCC(CC34CC5CC(CC(C5)C3)C4)C2)n2c3c(c4cnccc42)CCC=C13.Cl. The lowest BCUT2D eigenvalue weighted by Crippen LogP contribution is -2.46. The van der Waals surface area contributed by atoms with Gasteiger partial charge in [0.1, 0.15) is 0 Å². The van der Waals surface area contributed by atoms with Crippen LogP contribution in [-0.4, -0.2) is 9.55 Å². The Labute approximate surface area is 203 Å². The molecule has 0 saturated heterocycles. The van der Waals surface area contributed by atoms with Crippen molar-refractivity contribution in [2.24, 2.45) is 29.1 Å². The van der Waals surface area contributed by atoms with Crippen LogP contribution in [0.4, 0.5) is 0 Å². The minimum Gasteiger partial charge on any atom is -0.312 e. The minimum absolute atomic E-state index is 0. The van der Waals surface area contributed by atoms with Crippen molar-refractivity contribution >= 4 is 34.6 Å². The van der Waals surface area contributed by atoms with Gasteiger partial charge in [-0.1, -0.05) is 18.2 Å². The molecule has 0 amide bonds. The van der Waals surface area contributed by atoms with Gasteiger partial charge in [-0.3, -0.25) is 4.98 Å². The summed E-state index contributed by atoms with van der Waals surface area (Å²) in [6, 6.07) is 2.25. The lowest BCUT2D eigenvalue weighted by molar-refractivity contribution is -0.0659. The Bertz CT molecular complexity index is 1190. The fourth-order valence-electron chi connectivity index (χ4n) is 9.62. The van der Waals surface area contributed by atoms with Crippen LogP contribution in [0.1, 0.15) is 81.9 Å². The van der Waals surface area contributed by atoms with E-state index in [2.05, 4.69) is 40.0 Å². The summed E-state index contributed by atoms with van der Waals surface area (Å²) in [5, 5.41) is 1.38. The number of rotatable bonds is 2. The predicted molar refractivity (Wildman–Crippen MR) is 138 cm³/mol. The molecule has 2 aromatic rings. The summed E-state index contributed by atoms with van der Waals surface area (Å²) in [4.78, 5) is 4.49. The van der Waals surface area contributed by atoms with E-state index in [0.717, 1.165) is 36.5 Å². The molecule has 1 unspecified atom stereocenters. The summed E-state index contributed by atoms with van der Waals surface area (Å²) in [5.74, 6) is 4.12. The summed E-state index contributed by atoms with van der Waals surface area (Å²) in [6.45, 7) is 0. The first-order valence-corrected chi connectivity index (χ1v) is 13.3. The average molecular weight is 459 g/mol. The van der Waals surface area contributed by atoms with Gasteiger partial charge in [-0.25, -0.2) is 0 Å². The average Bonchev–Trinajstić information content (AvgIpc) is 3.02. The zero-order valence-corrected chi connectivity index (χ0v) is 20.4. The second kappa shape index (κ2) is 7.35. The van der Waals surface area contributed by atoms with E-state index in [1.807, 2.05) is 6.20 Å². The Morgan fingerprint density at radius 2 is 1.79 bits per heavy atom. The molecule has 33 heavy (non-hydrogen) atoms. The molecule has 0 spiro atoms. The first kappa shape index (κ1) is 20.6. The highest BCUT2D eigenvalue weighted by Crippen LogP contribution is 2.63. The Morgan fingerprint density at radius 3 is 2.58 bits per heavy atom. The van der Waals surface area contributed by atoms with Crippen LogP contribution in [0.2, 0.25) is 0 Å². The molecule has 1 atom stereocenters. The number of hydrogen-bond donors (Lipinski definition) is 0. The van der Waals surface area contributed by atoms with Gasteiger partial charge >= 0.3 is 0 Å². The predicted octanol–water partition coefficient (Wildman–Crippen LogP) is 7.98. The van der Waals surface area contributed by atoms with E-state index in [1.165, 1.54) is 53.4 Å². The zero-order valence-electron chi connectivity index (χ0n) is 19.6. The number of fused-ring (bicyclic) bond motifs is 4. The van der Waals surface area contributed by atoms with E-state index in [9.17, 15) is 0 Å². The van der Waals surface area contributed by atoms with Crippen molar-refractivity contribution in [3.8, 4) is 0 Å². The van der Waals surface area contributed by atoms with Gasteiger partial charge in [-0.2, -0.15) is 0 Å². The van der Waals surface area contributed by atoms with E-state index in [1.54, 1.807) is 49.8 Å². The molecule has 6 aliphatic carbocycles. The van der Waals surface area contributed by atoms with E-state index in [-0.39, 0.29) is 12.4 Å². The monoisotopic (exact) mass is 458 g/mol. The van der Waals surface area contributed by atoms with Gasteiger partial charge in [0.05, 0.1) is 11.2 Å². The lowest BCUT2D eigenvalue weighted by Gasteiger charge is -2.58. The first-order chi connectivity index (χ1) is 15.7. The fraction of sp³-hybridized carbons (Fsp3) is 0.567. The highest BCUT2D eigenvalue weighted by Gasteiger charge is 2.51. The molecule has 2 nitrogen and oxygen atoms in total. The first-order valence-electron chi connectivity index (χ1n) is 13.3. The van der Waals surface area contributed by atoms with E-state index >= 15 is 0 Å². The molecule has 0 radical (unpaired) electrons. The van der Waals surface area contributed by atoms with Crippen molar-refractivity contribution in [1.82, 2.24) is 9.55 Å². The standard InChI is InChI=1S/C30H34N2.ClH/c1-2-23-5-6-24-13-19(14-30-15-20-10-21(16-30)12-22(11-20)17-30)4-7-27(24)32-28-8-9-31-18-26(28)25(3-1)29(23)32;/h2,5-6,8-9,18-22H,1,3-4,7,10-17H2;1H. The summed E-state index contributed by atoms with van der Waals surface area (Å²) >= 11 is 0. The molecule has 4 saturated carbocycles. The third-order valence-corrected chi connectivity index (χ3v) is 10.2. The van der Waals surface area contributed by atoms with Crippen LogP contribution in [-0.2, 0) is 6.42 Å². The molecular formula is C30H35ClN2. The van der Waals surface area contributed by atoms with E-state index in [0.29, 0.717) is 5.41 Å². The van der Waals surface area contributed by atoms with Gasteiger partial charge in [0.2, 0.25) is 0 Å². The molecule has 2 aromatic heterocycles. The van der Waals surface area contributed by atoms with Crippen molar-refractivity contribution in [2.75, 3.05) is 0 Å². The molecule has 9 rings (SSSR count). The molecule has 3 heterocycles. The number of pyridine rings is 1. The van der Waals surface area contributed by atoms with Crippen LogP contribution in [0.3, 0.4) is 0 Å². The number of nitrogens with zero attached hydrogens (tertiary/aromatic N) is 2. The fourth-order valence-corrected chi connectivity index (χ4v) is 9.62. The molecule has 1 aliphatic heterocycles. The summed E-state index contributed by atoms with van der Waals surface area (Å²) < 4.78 is 2.65. The number of aromatic nitrogens is 2. The zero-order chi connectivity index (χ0) is 20.9. The number of halogens is 1. The van der Waals surface area contributed by atoms with Gasteiger partial charge < -0.3 is 4.57 Å². The minimum atomic E-state index is 0. The van der Waals surface area contributed by atoms with Gasteiger partial charge in [0, 0.05) is 23.5 Å². The molecule has 0 aromatic carbocycles. The normalized spacial score (nSPS) is 35.7. The molecule has 3 heteroatoms. The maximum absolute atomic E-state index is 4.49. The summed E-state index contributed by atoms with van der Waals surface area (Å²) in [6.07, 6.45) is 28.6. The second-order valence-electron chi connectivity index (χ2n) is 12.3. The second-order valence-corrected chi connectivity index (χ2v) is 12.3. The highest BCUT2D eigenvalue weighted by atomic mass is 35.5. The van der Waals surface area contributed by atoms with Gasteiger partial charge in [0.15, 0.2) is 0 Å². The van der Waals surface area contributed by atoms with Crippen LogP contribution < -0.4 is 0 Å². The van der Waals surface area contributed by atoms with Crippen LogP contribution in [0, 0.1) is 29.1 Å². The Hall–Kier alpha value is -1.80. The smallest absolute Gasteiger partial charge is 0.0567 e. The van der Waals surface area contributed by atoms with Gasteiger partial charge in [0.25, 0.3) is 0 Å². The van der Waals surface area contributed by atoms with E-state index < -0.39 is 0 Å². The topological polar surface area (TPSA) is 17.8 Å². The number of allylic oxidation sites excluding steroid dienone is 6. The highest BCUT2D eigenvalue weighted by molar-refractivity contribution is 5.96. The molecule has 4 fully saturated rings. The van der Waals surface area contributed by atoms with Crippen molar-refractivity contribution < 1.29 is 0 Å². The summed E-state index contributed by atoms with van der Waals surface area (Å²) in [5.41, 5.74) is 9.75. The van der Waals surface area contributed by atoms with Crippen molar-refractivity contribution in [1.29, 1.82) is 0 Å². The third-order valence-electron chi connectivity index (χ3n) is 10.2. The van der Waals surface area contributed by atoms with Crippen LogP contribution in [0.25, 0.3) is 22.2 Å². The van der Waals surface area contributed by atoms with Crippen LogP contribution in [0.5, 0.6) is 0 Å². The van der Waals surface area contributed by atoms with Gasteiger partial charge in [-0.05, 0) is 129 Å². The molecular weight excluding hydrogens is 424 g/mol. The lowest BCUT2D eigenvalue weighted by atomic mass is 9.48. The van der Waals surface area contributed by atoms with Crippen LogP contribution >= 0.6 is 12.4 Å². The molecule has 172 valence electrons. The molecule has 0 N–H and O–H groups in total. The maximum Gasteiger partial charge on any atom is 0.0567 e. The van der Waals surface area contributed by atoms with Crippen LogP contribution in [0.15, 0.2) is 42.3 Å². The quantitative estimate of drug-likeness (QED) is 0.446. The Kier molecular flexibility index (Phi) is 4.58. The van der Waals surface area contributed by atoms with Crippen molar-refractivity contribution in [3.05, 3.63) is 53.5 Å².